The fourth-order valence-corrected chi connectivity index (χ4v) is 2.66. The van der Waals surface area contributed by atoms with E-state index in [1.807, 2.05) is 16.5 Å². The smallest absolute Gasteiger partial charge is 0.243 e. The van der Waals surface area contributed by atoms with Gasteiger partial charge in [0.25, 0.3) is 0 Å². The average molecular weight is 305 g/mol. The van der Waals surface area contributed by atoms with Crippen LogP contribution in [-0.4, -0.2) is 51.1 Å². The molecule has 2 amide bonds. The van der Waals surface area contributed by atoms with Gasteiger partial charge in [0.1, 0.15) is 12.2 Å². The normalized spacial score (nSPS) is 15.6. The minimum absolute atomic E-state index is 0.0986. The maximum absolute atomic E-state index is 12.1. The lowest BCUT2D eigenvalue weighted by atomic mass is 9.93. The Bertz CT molecular complexity index is 532. The number of nitrogens with zero attached hydrogens (tertiary/aromatic N) is 4. The first-order valence-electron chi connectivity index (χ1n) is 7.61. The van der Waals surface area contributed by atoms with Gasteiger partial charge < -0.3 is 14.8 Å². The van der Waals surface area contributed by atoms with Crippen molar-refractivity contribution in [1.29, 1.82) is 0 Å². The molecule has 0 saturated carbocycles. The number of rotatable bonds is 6. The van der Waals surface area contributed by atoms with Crippen molar-refractivity contribution >= 4 is 11.8 Å². The van der Waals surface area contributed by atoms with Crippen LogP contribution in [0.15, 0.2) is 19.0 Å². The highest BCUT2D eigenvalue weighted by atomic mass is 16.2. The van der Waals surface area contributed by atoms with Crippen molar-refractivity contribution in [1.82, 2.24) is 25.0 Å². The molecule has 2 heterocycles. The van der Waals surface area contributed by atoms with Crippen LogP contribution in [0.2, 0.25) is 0 Å². The second kappa shape index (κ2) is 7.72. The predicted octanol–water partition coefficient (Wildman–Crippen LogP) is 0.289. The molecule has 1 N–H and O–H groups in total. The Hall–Kier alpha value is -2.18. The maximum atomic E-state index is 12.1. The quantitative estimate of drug-likeness (QED) is 0.766. The van der Waals surface area contributed by atoms with Gasteiger partial charge in [-0.2, -0.15) is 0 Å². The Morgan fingerprint density at radius 3 is 2.77 bits per heavy atom. The molecule has 1 fully saturated rings. The van der Waals surface area contributed by atoms with Gasteiger partial charge in [0.15, 0.2) is 0 Å². The zero-order valence-electron chi connectivity index (χ0n) is 13.0. The number of nitrogens with one attached hydrogen (secondary N) is 1. The molecule has 0 spiro atoms. The van der Waals surface area contributed by atoms with Crippen LogP contribution in [0.4, 0.5) is 0 Å². The van der Waals surface area contributed by atoms with Gasteiger partial charge in [-0.25, -0.2) is 0 Å². The molecule has 7 heteroatoms. The monoisotopic (exact) mass is 305 g/mol. The summed E-state index contributed by atoms with van der Waals surface area (Å²) in [5, 5.41) is 10.6. The van der Waals surface area contributed by atoms with E-state index in [1.165, 1.54) is 6.08 Å². The summed E-state index contributed by atoms with van der Waals surface area (Å²) < 4.78 is 1.94. The van der Waals surface area contributed by atoms with E-state index in [-0.39, 0.29) is 11.8 Å². The SMILES string of the molecule is C=CC(=O)NCCC(=O)N1CCC(Cc2nncn2C)CC1. The van der Waals surface area contributed by atoms with Gasteiger partial charge in [0, 0.05) is 39.5 Å². The molecule has 1 aliphatic rings. The standard InChI is InChI=1S/C15H23N5O2/c1-3-14(21)16-7-4-15(22)20-8-5-12(6-9-20)10-13-18-17-11-19(13)2/h3,11-12H,1,4-10H2,2H3,(H,16,21). The summed E-state index contributed by atoms with van der Waals surface area (Å²) in [6, 6.07) is 0. The summed E-state index contributed by atoms with van der Waals surface area (Å²) in [4.78, 5) is 25.0. The fraction of sp³-hybridized carbons (Fsp3) is 0.600. The van der Waals surface area contributed by atoms with Crippen molar-refractivity contribution < 1.29 is 9.59 Å². The molecule has 0 atom stereocenters. The number of piperidine rings is 1. The van der Waals surface area contributed by atoms with E-state index in [2.05, 4.69) is 22.1 Å². The number of likely N-dealkylation sites (tertiary alicyclic amines) is 1. The predicted molar refractivity (Wildman–Crippen MR) is 81.8 cm³/mol. The lowest BCUT2D eigenvalue weighted by Gasteiger charge is -2.32. The lowest BCUT2D eigenvalue weighted by molar-refractivity contribution is -0.132. The lowest BCUT2D eigenvalue weighted by Crippen LogP contribution is -2.40. The van der Waals surface area contributed by atoms with Crippen LogP contribution in [0.25, 0.3) is 0 Å². The third-order valence-electron chi connectivity index (χ3n) is 4.07. The van der Waals surface area contributed by atoms with Crippen molar-refractivity contribution in [2.75, 3.05) is 19.6 Å². The van der Waals surface area contributed by atoms with E-state index >= 15 is 0 Å². The third kappa shape index (κ3) is 4.41. The molecule has 0 radical (unpaired) electrons. The fourth-order valence-electron chi connectivity index (χ4n) is 2.66. The molecule has 0 aliphatic carbocycles. The van der Waals surface area contributed by atoms with Gasteiger partial charge in [0.05, 0.1) is 0 Å². The summed E-state index contributed by atoms with van der Waals surface area (Å²) in [6.07, 6.45) is 6.14. The van der Waals surface area contributed by atoms with Crippen LogP contribution in [0, 0.1) is 5.92 Å². The maximum Gasteiger partial charge on any atom is 0.243 e. The van der Waals surface area contributed by atoms with Gasteiger partial charge >= 0.3 is 0 Å². The van der Waals surface area contributed by atoms with Gasteiger partial charge in [-0.15, -0.1) is 10.2 Å². The average Bonchev–Trinajstić information content (AvgIpc) is 2.93. The zero-order valence-corrected chi connectivity index (χ0v) is 13.0. The Morgan fingerprint density at radius 1 is 1.45 bits per heavy atom. The summed E-state index contributed by atoms with van der Waals surface area (Å²) in [5.41, 5.74) is 0. The van der Waals surface area contributed by atoms with E-state index in [0.29, 0.717) is 18.9 Å². The number of aromatic nitrogens is 3. The number of carbonyl (C=O) groups excluding carboxylic acids is 2. The molecular weight excluding hydrogens is 282 g/mol. The van der Waals surface area contributed by atoms with E-state index in [1.54, 1.807) is 6.33 Å². The number of hydrogen-bond acceptors (Lipinski definition) is 4. The molecule has 0 unspecified atom stereocenters. The van der Waals surface area contributed by atoms with Crippen molar-refractivity contribution in [3.63, 3.8) is 0 Å². The van der Waals surface area contributed by atoms with Crippen LogP contribution in [0.1, 0.15) is 25.1 Å². The molecule has 7 nitrogen and oxygen atoms in total. The van der Waals surface area contributed by atoms with Crippen LogP contribution in [-0.2, 0) is 23.1 Å². The highest BCUT2D eigenvalue weighted by Gasteiger charge is 2.23. The van der Waals surface area contributed by atoms with Crippen LogP contribution in [0.5, 0.6) is 0 Å². The molecule has 22 heavy (non-hydrogen) atoms. The van der Waals surface area contributed by atoms with E-state index < -0.39 is 0 Å². The van der Waals surface area contributed by atoms with Gasteiger partial charge in [-0.05, 0) is 24.8 Å². The molecule has 1 aromatic heterocycles. The Morgan fingerprint density at radius 2 is 2.18 bits per heavy atom. The first kappa shape index (κ1) is 16.2. The van der Waals surface area contributed by atoms with Crippen molar-refractivity contribution in [3.05, 3.63) is 24.8 Å². The number of carbonyl (C=O) groups is 2. The minimum Gasteiger partial charge on any atom is -0.352 e. The van der Waals surface area contributed by atoms with Crippen molar-refractivity contribution in [2.45, 2.75) is 25.7 Å². The molecule has 0 bridgehead atoms. The van der Waals surface area contributed by atoms with Gasteiger partial charge in [0.2, 0.25) is 11.8 Å². The summed E-state index contributed by atoms with van der Waals surface area (Å²) >= 11 is 0. The second-order valence-electron chi connectivity index (χ2n) is 5.63. The minimum atomic E-state index is -0.241. The molecule has 0 aromatic carbocycles. The zero-order chi connectivity index (χ0) is 15.9. The molecule has 1 saturated heterocycles. The number of amides is 2. The molecule has 1 aliphatic heterocycles. The number of aryl methyl sites for hydroxylation is 1. The Kier molecular flexibility index (Phi) is 5.68. The highest BCUT2D eigenvalue weighted by Crippen LogP contribution is 2.21. The van der Waals surface area contributed by atoms with Gasteiger partial charge in [-0.3, -0.25) is 9.59 Å². The molecular formula is C15H23N5O2. The molecule has 2 rings (SSSR count). The van der Waals surface area contributed by atoms with Crippen LogP contribution >= 0.6 is 0 Å². The first-order chi connectivity index (χ1) is 10.6. The Balaban J connectivity index is 1.70. The summed E-state index contributed by atoms with van der Waals surface area (Å²) in [7, 11) is 1.95. The van der Waals surface area contributed by atoms with Crippen LogP contribution in [0.3, 0.4) is 0 Å². The second-order valence-corrected chi connectivity index (χ2v) is 5.63. The highest BCUT2D eigenvalue weighted by molar-refractivity contribution is 5.87. The van der Waals surface area contributed by atoms with E-state index in [4.69, 9.17) is 0 Å². The van der Waals surface area contributed by atoms with E-state index in [0.717, 1.165) is 38.2 Å². The number of hydrogen-bond donors (Lipinski definition) is 1. The van der Waals surface area contributed by atoms with Crippen molar-refractivity contribution in [3.8, 4) is 0 Å². The molecule has 1 aromatic rings. The summed E-state index contributed by atoms with van der Waals surface area (Å²) in [6.45, 7) is 5.29. The topological polar surface area (TPSA) is 80.1 Å². The van der Waals surface area contributed by atoms with Crippen LogP contribution < -0.4 is 5.32 Å². The largest absolute Gasteiger partial charge is 0.352 e. The summed E-state index contributed by atoms with van der Waals surface area (Å²) in [5.74, 6) is 1.40. The first-order valence-corrected chi connectivity index (χ1v) is 7.61. The molecule has 120 valence electrons. The van der Waals surface area contributed by atoms with Crippen molar-refractivity contribution in [2.24, 2.45) is 13.0 Å². The van der Waals surface area contributed by atoms with Gasteiger partial charge in [-0.1, -0.05) is 6.58 Å². The Labute approximate surface area is 130 Å². The van der Waals surface area contributed by atoms with E-state index in [9.17, 15) is 9.59 Å². The third-order valence-corrected chi connectivity index (χ3v) is 4.07.